The van der Waals surface area contributed by atoms with E-state index in [0.717, 1.165) is 11.2 Å². The van der Waals surface area contributed by atoms with Crippen LogP contribution in [0.25, 0.3) is 11.1 Å². The summed E-state index contributed by atoms with van der Waals surface area (Å²) in [5.74, 6) is -1.04. The smallest absolute Gasteiger partial charge is 0.368 e. The molecule has 0 aliphatic heterocycles. The normalized spacial score (nSPS) is 14.2. The SMILES string of the molecule is CC(C)C[C@@H](C(N)=O)N(CC#N)[C@@H](c1ccc(-c2ccc(S(C)(=O)=O)cc2)cc1)C(F)(F)F. The van der Waals surface area contributed by atoms with Gasteiger partial charge in [0.1, 0.15) is 6.04 Å². The van der Waals surface area contributed by atoms with E-state index in [9.17, 15) is 31.6 Å². The Bertz CT molecular complexity index is 1110. The summed E-state index contributed by atoms with van der Waals surface area (Å²) >= 11 is 0. The van der Waals surface area contributed by atoms with Gasteiger partial charge >= 0.3 is 6.18 Å². The number of carbonyl (C=O) groups is 1. The molecule has 6 nitrogen and oxygen atoms in total. The van der Waals surface area contributed by atoms with E-state index in [2.05, 4.69) is 0 Å². The second-order valence-electron chi connectivity index (χ2n) is 8.24. The Morgan fingerprint density at radius 1 is 1.06 bits per heavy atom. The number of nitrogens with two attached hydrogens (primary N) is 1. The van der Waals surface area contributed by atoms with Crippen molar-refractivity contribution in [2.75, 3.05) is 12.8 Å². The van der Waals surface area contributed by atoms with Crippen molar-refractivity contribution in [3.8, 4) is 17.2 Å². The largest absolute Gasteiger partial charge is 0.408 e. The second kappa shape index (κ2) is 10.4. The maximum absolute atomic E-state index is 14.2. The van der Waals surface area contributed by atoms with E-state index in [4.69, 9.17) is 5.73 Å². The molecular weight excluding hydrogens is 455 g/mol. The lowest BCUT2D eigenvalue weighted by Gasteiger charge is -2.37. The van der Waals surface area contributed by atoms with Gasteiger partial charge in [-0.3, -0.25) is 9.69 Å². The second-order valence-corrected chi connectivity index (χ2v) is 10.3. The van der Waals surface area contributed by atoms with Crippen molar-refractivity contribution >= 4 is 15.7 Å². The van der Waals surface area contributed by atoms with E-state index < -0.39 is 40.5 Å². The first-order valence-corrected chi connectivity index (χ1v) is 12.0. The van der Waals surface area contributed by atoms with Crippen molar-refractivity contribution in [3.63, 3.8) is 0 Å². The van der Waals surface area contributed by atoms with Crippen LogP contribution in [0.1, 0.15) is 31.9 Å². The van der Waals surface area contributed by atoms with E-state index in [1.807, 2.05) is 0 Å². The van der Waals surface area contributed by atoms with Gasteiger partial charge < -0.3 is 5.73 Å². The number of carbonyl (C=O) groups excluding carboxylic acids is 1. The van der Waals surface area contributed by atoms with E-state index in [-0.39, 0.29) is 22.8 Å². The molecule has 2 rings (SSSR count). The molecule has 0 radical (unpaired) electrons. The summed E-state index contributed by atoms with van der Waals surface area (Å²) in [6, 6.07) is 9.79. The topological polar surface area (TPSA) is 104 Å². The molecule has 33 heavy (non-hydrogen) atoms. The molecule has 0 bridgehead atoms. The fourth-order valence-corrected chi connectivity index (χ4v) is 4.28. The number of alkyl halides is 3. The molecule has 0 saturated heterocycles. The predicted octanol–water partition coefficient (Wildman–Crippen LogP) is 4.09. The third kappa shape index (κ3) is 6.79. The van der Waals surface area contributed by atoms with E-state index in [0.29, 0.717) is 11.1 Å². The Labute approximate surface area is 191 Å². The first-order valence-electron chi connectivity index (χ1n) is 10.1. The molecule has 0 saturated carbocycles. The summed E-state index contributed by atoms with van der Waals surface area (Å²) in [5, 5.41) is 9.18. The molecule has 1 amide bonds. The van der Waals surface area contributed by atoms with Crippen LogP contribution in [-0.2, 0) is 14.6 Å². The van der Waals surface area contributed by atoms with E-state index in [1.165, 1.54) is 36.4 Å². The zero-order valence-electron chi connectivity index (χ0n) is 18.5. The number of primary amides is 1. The van der Waals surface area contributed by atoms with Crippen LogP contribution in [0.3, 0.4) is 0 Å². The van der Waals surface area contributed by atoms with Gasteiger partial charge in [-0.25, -0.2) is 8.42 Å². The molecular formula is C23H26F3N3O3S. The molecule has 0 fully saturated rings. The highest BCUT2D eigenvalue weighted by atomic mass is 32.2. The Balaban J connectivity index is 2.47. The molecule has 0 aliphatic carbocycles. The fraction of sp³-hybridized carbons (Fsp3) is 0.391. The molecule has 0 heterocycles. The van der Waals surface area contributed by atoms with Crippen molar-refractivity contribution in [1.82, 2.24) is 4.90 Å². The van der Waals surface area contributed by atoms with Crippen LogP contribution in [0.5, 0.6) is 0 Å². The third-order valence-electron chi connectivity index (χ3n) is 5.16. The fourth-order valence-electron chi connectivity index (χ4n) is 3.65. The molecule has 0 spiro atoms. The molecule has 2 N–H and O–H groups in total. The predicted molar refractivity (Wildman–Crippen MR) is 119 cm³/mol. The summed E-state index contributed by atoms with van der Waals surface area (Å²) in [7, 11) is -3.37. The van der Waals surface area contributed by atoms with Crippen LogP contribution < -0.4 is 5.73 Å². The van der Waals surface area contributed by atoms with Crippen LogP contribution in [0.15, 0.2) is 53.4 Å². The van der Waals surface area contributed by atoms with Gasteiger partial charge in [-0.1, -0.05) is 50.2 Å². The van der Waals surface area contributed by atoms with Gasteiger partial charge in [-0.2, -0.15) is 18.4 Å². The van der Waals surface area contributed by atoms with Crippen LogP contribution >= 0.6 is 0 Å². The number of nitriles is 1. The van der Waals surface area contributed by atoms with Gasteiger partial charge in [0.2, 0.25) is 5.91 Å². The van der Waals surface area contributed by atoms with Crippen LogP contribution in [0.4, 0.5) is 13.2 Å². The van der Waals surface area contributed by atoms with Gasteiger partial charge in [-0.15, -0.1) is 0 Å². The highest BCUT2D eigenvalue weighted by molar-refractivity contribution is 7.90. The summed E-state index contributed by atoms with van der Waals surface area (Å²) < 4.78 is 65.7. The first-order chi connectivity index (χ1) is 15.3. The standard InChI is InChI=1S/C23H26F3N3O3S/c1-15(2)14-20(22(28)30)29(13-12-27)21(23(24,25)26)18-6-4-16(5-7-18)17-8-10-19(11-9-17)33(3,31)32/h4-11,15,20-21H,13-14H2,1-3H3,(H2,28,30)/t20-,21-/m0/s1. The molecule has 2 aromatic rings. The average Bonchev–Trinajstić information content (AvgIpc) is 2.70. The van der Waals surface area contributed by atoms with Gasteiger partial charge in [0, 0.05) is 6.26 Å². The summed E-state index contributed by atoms with van der Waals surface area (Å²) in [5.41, 5.74) is 6.49. The van der Waals surface area contributed by atoms with Gasteiger partial charge in [0.05, 0.1) is 23.6 Å². The number of hydrogen-bond donors (Lipinski definition) is 1. The molecule has 2 atom stereocenters. The lowest BCUT2D eigenvalue weighted by molar-refractivity contribution is -0.192. The zero-order chi connectivity index (χ0) is 25.0. The molecule has 0 unspecified atom stereocenters. The average molecular weight is 482 g/mol. The van der Waals surface area contributed by atoms with E-state index >= 15 is 0 Å². The number of rotatable bonds is 9. The van der Waals surface area contributed by atoms with Crippen molar-refractivity contribution < 1.29 is 26.4 Å². The molecule has 2 aromatic carbocycles. The molecule has 178 valence electrons. The number of sulfone groups is 1. The Hall–Kier alpha value is -2.90. The quantitative estimate of drug-likeness (QED) is 0.544. The minimum atomic E-state index is -4.76. The minimum Gasteiger partial charge on any atom is -0.368 e. The number of nitrogens with zero attached hydrogens (tertiary/aromatic N) is 2. The Morgan fingerprint density at radius 3 is 1.91 bits per heavy atom. The third-order valence-corrected chi connectivity index (χ3v) is 6.29. The van der Waals surface area contributed by atoms with Gasteiger partial charge in [0.15, 0.2) is 9.84 Å². The van der Waals surface area contributed by atoms with Crippen molar-refractivity contribution in [1.29, 1.82) is 5.26 Å². The number of halogens is 3. The highest BCUT2D eigenvalue weighted by Gasteiger charge is 2.47. The maximum Gasteiger partial charge on any atom is 0.408 e. The number of benzene rings is 2. The van der Waals surface area contributed by atoms with Crippen LogP contribution in [0.2, 0.25) is 0 Å². The van der Waals surface area contributed by atoms with Crippen molar-refractivity contribution in [3.05, 3.63) is 54.1 Å². The van der Waals surface area contributed by atoms with Gasteiger partial charge in [0.25, 0.3) is 0 Å². The van der Waals surface area contributed by atoms with E-state index in [1.54, 1.807) is 32.0 Å². The monoisotopic (exact) mass is 481 g/mol. The lowest BCUT2D eigenvalue weighted by atomic mass is 9.95. The zero-order valence-corrected chi connectivity index (χ0v) is 19.3. The van der Waals surface area contributed by atoms with Crippen molar-refractivity contribution in [2.45, 2.75) is 43.4 Å². The van der Waals surface area contributed by atoms with Crippen LogP contribution in [-0.4, -0.2) is 44.2 Å². The van der Waals surface area contributed by atoms with Gasteiger partial charge in [-0.05, 0) is 41.2 Å². The lowest BCUT2D eigenvalue weighted by Crippen LogP contribution is -2.51. The minimum absolute atomic E-state index is 0.0777. The first kappa shape index (κ1) is 26.4. The Kier molecular flexibility index (Phi) is 8.27. The summed E-state index contributed by atoms with van der Waals surface area (Å²) in [6.07, 6.45) is -3.60. The highest BCUT2D eigenvalue weighted by Crippen LogP contribution is 2.40. The Morgan fingerprint density at radius 2 is 1.55 bits per heavy atom. The number of amides is 1. The number of hydrogen-bond acceptors (Lipinski definition) is 5. The van der Waals surface area contributed by atoms with Crippen LogP contribution in [0, 0.1) is 17.2 Å². The molecule has 10 heteroatoms. The molecule has 0 aromatic heterocycles. The van der Waals surface area contributed by atoms with Crippen molar-refractivity contribution in [2.24, 2.45) is 11.7 Å². The maximum atomic E-state index is 14.2. The molecule has 0 aliphatic rings. The summed E-state index contributed by atoms with van der Waals surface area (Å²) in [4.78, 5) is 13.0. The summed E-state index contributed by atoms with van der Waals surface area (Å²) in [6.45, 7) is 2.89.